The molecule has 3 heteroatoms. The topological polar surface area (TPSA) is 26.0 Å². The summed E-state index contributed by atoms with van der Waals surface area (Å²) in [6.07, 6.45) is 32.3. The molecule has 0 heterocycles. The molecule has 0 radical (unpaired) electrons. The summed E-state index contributed by atoms with van der Waals surface area (Å²) in [6, 6.07) is 0. The van der Waals surface area contributed by atoms with Gasteiger partial charge in [-0.25, -0.2) is 0 Å². The Morgan fingerprint density at radius 1 is 0.400 bits per heavy atom. The minimum Gasteiger partial charge on any atom is -0.330 e. The van der Waals surface area contributed by atoms with Gasteiger partial charge in [-0.15, -0.1) is 20.3 Å². The van der Waals surface area contributed by atoms with Crippen molar-refractivity contribution in [1.82, 2.24) is 0 Å². The highest BCUT2D eigenvalue weighted by Crippen LogP contribution is 2.39. The van der Waals surface area contributed by atoms with Gasteiger partial charge < -0.3 is 5.73 Å². The van der Waals surface area contributed by atoms with Crippen LogP contribution < -0.4 is 5.73 Å². The van der Waals surface area contributed by atoms with Crippen molar-refractivity contribution in [2.45, 2.75) is 150 Å². The molecule has 0 spiro atoms. The molecule has 0 aliphatic carbocycles. The first kappa shape index (κ1) is 35.3. The molecule has 0 aromatic heterocycles. The minimum absolute atomic E-state index is 0. The van der Waals surface area contributed by atoms with Crippen molar-refractivity contribution < 1.29 is 0 Å². The highest BCUT2D eigenvalue weighted by molar-refractivity contribution is 7.57. The van der Waals surface area contributed by atoms with Gasteiger partial charge >= 0.3 is 0 Å². The first-order valence-corrected chi connectivity index (χ1v) is 15.6. The lowest BCUT2D eigenvalue weighted by atomic mass is 10.1. The van der Waals surface area contributed by atoms with E-state index in [9.17, 15) is 0 Å². The van der Waals surface area contributed by atoms with Gasteiger partial charge in [0.15, 0.2) is 0 Å². The van der Waals surface area contributed by atoms with Gasteiger partial charge in [-0.05, 0) is 50.7 Å². The Hall–Kier alpha value is 0.680. The van der Waals surface area contributed by atoms with Crippen LogP contribution in [-0.2, 0) is 0 Å². The molecule has 2 N–H and O–H groups in total. The second-order valence-corrected chi connectivity index (χ2v) is 11.6. The molecular weight excluding hydrogens is 405 g/mol. The van der Waals surface area contributed by atoms with Crippen LogP contribution in [0.2, 0.25) is 0 Å². The molecule has 0 aromatic carbocycles. The summed E-state index contributed by atoms with van der Waals surface area (Å²) in [6.45, 7) is 9.83. The largest absolute Gasteiger partial charge is 0.330 e. The Morgan fingerprint density at radius 2 is 0.633 bits per heavy atom. The average Bonchev–Trinajstić information content (AvgIpc) is 2.75. The van der Waals surface area contributed by atoms with Gasteiger partial charge in [0.2, 0.25) is 0 Å². The van der Waals surface area contributed by atoms with Crippen LogP contribution >= 0.6 is 20.3 Å². The van der Waals surface area contributed by atoms with Crippen LogP contribution in [0, 0.1) is 0 Å². The first-order valence-electron chi connectivity index (χ1n) is 13.7. The van der Waals surface area contributed by atoms with E-state index in [0.29, 0.717) is 7.92 Å². The normalized spacial score (nSPS) is 10.6. The summed E-state index contributed by atoms with van der Waals surface area (Å²) in [5.41, 5.74) is 5.03. The van der Waals surface area contributed by atoms with Crippen molar-refractivity contribution in [3.63, 3.8) is 0 Å². The number of hydrogen-bond acceptors (Lipinski definition) is 1. The lowest BCUT2D eigenvalue weighted by molar-refractivity contribution is 0.617. The van der Waals surface area contributed by atoms with Crippen molar-refractivity contribution in [3.8, 4) is 0 Å². The molecule has 0 atom stereocenters. The molecule has 30 heavy (non-hydrogen) atoms. The van der Waals surface area contributed by atoms with Crippen LogP contribution in [-0.4, -0.2) is 25.0 Å². The van der Waals surface area contributed by atoms with Crippen molar-refractivity contribution in [1.29, 1.82) is 0 Å². The van der Waals surface area contributed by atoms with E-state index in [1.54, 1.807) is 18.5 Å². The van der Waals surface area contributed by atoms with E-state index >= 15 is 0 Å². The van der Waals surface area contributed by atoms with Gasteiger partial charge in [-0.3, -0.25) is 0 Å². The van der Waals surface area contributed by atoms with Crippen LogP contribution in [0.1, 0.15) is 150 Å². The molecule has 0 rings (SSSR count). The second-order valence-electron chi connectivity index (χ2n) is 8.93. The summed E-state index contributed by atoms with van der Waals surface area (Å²) < 4.78 is 0. The molecule has 0 fully saturated rings. The molecular formula is C27H61ClNP. The third-order valence-electron chi connectivity index (χ3n) is 5.77. The zero-order valence-electron chi connectivity index (χ0n) is 21.7. The predicted octanol–water partition coefficient (Wildman–Crippen LogP) is 10.3. The van der Waals surface area contributed by atoms with E-state index in [2.05, 4.69) is 27.7 Å². The number of rotatable bonds is 22. The molecule has 0 saturated carbocycles. The zero-order chi connectivity index (χ0) is 21.8. The third kappa shape index (κ3) is 33.3. The maximum Gasteiger partial charge on any atom is -0.00799 e. The van der Waals surface area contributed by atoms with Gasteiger partial charge in [0, 0.05) is 0 Å². The van der Waals surface area contributed by atoms with Crippen LogP contribution in [0.3, 0.4) is 0 Å². The molecule has 0 bridgehead atoms. The second kappa shape index (κ2) is 34.3. The maximum atomic E-state index is 5.03. The van der Waals surface area contributed by atoms with Gasteiger partial charge in [-0.1, -0.05) is 124 Å². The highest BCUT2D eigenvalue weighted by atomic mass is 35.5. The van der Waals surface area contributed by atoms with Crippen LogP contribution in [0.15, 0.2) is 0 Å². The van der Waals surface area contributed by atoms with E-state index in [1.165, 1.54) is 116 Å². The Labute approximate surface area is 200 Å². The molecule has 0 aliphatic heterocycles. The lowest BCUT2D eigenvalue weighted by Gasteiger charge is -2.18. The summed E-state index contributed by atoms with van der Waals surface area (Å²) in [5.74, 6) is 0. The fourth-order valence-electron chi connectivity index (χ4n) is 3.68. The predicted molar refractivity (Wildman–Crippen MR) is 148 cm³/mol. The van der Waals surface area contributed by atoms with Gasteiger partial charge in [-0.2, -0.15) is 0 Å². The molecule has 186 valence electrons. The Morgan fingerprint density at radius 3 is 0.867 bits per heavy atom. The Kier molecular flexibility index (Phi) is 40.3. The molecule has 0 unspecified atom stereocenters. The highest BCUT2D eigenvalue weighted by Gasteiger charge is 2.07. The third-order valence-corrected chi connectivity index (χ3v) is 8.62. The Balaban J connectivity index is -0.00000133. The number of unbranched alkanes of at least 4 members (excludes halogenated alkanes) is 15. The van der Waals surface area contributed by atoms with Crippen molar-refractivity contribution in [2.24, 2.45) is 5.73 Å². The van der Waals surface area contributed by atoms with E-state index in [4.69, 9.17) is 5.73 Å². The number of halogens is 1. The van der Waals surface area contributed by atoms with Crippen molar-refractivity contribution >= 4 is 20.3 Å². The van der Waals surface area contributed by atoms with Gasteiger partial charge in [0.05, 0.1) is 0 Å². The minimum atomic E-state index is 0. The standard InChI is InChI=1S/C24H51P.C3H9N.ClH/c1-4-7-10-13-16-19-22-25(23-20-17-14-11-8-5-2)24-21-18-15-12-9-6-3;1-2-3-4;/h4-24H2,1-3H3;2-4H2,1H3;1H. The summed E-state index contributed by atoms with van der Waals surface area (Å²) in [7, 11) is 0.366. The van der Waals surface area contributed by atoms with E-state index in [-0.39, 0.29) is 12.4 Å². The van der Waals surface area contributed by atoms with E-state index < -0.39 is 0 Å². The number of nitrogens with two attached hydrogens (primary N) is 1. The van der Waals surface area contributed by atoms with Crippen molar-refractivity contribution in [3.05, 3.63) is 0 Å². The van der Waals surface area contributed by atoms with Crippen LogP contribution in [0.5, 0.6) is 0 Å². The van der Waals surface area contributed by atoms with E-state index in [0.717, 1.165) is 13.0 Å². The zero-order valence-corrected chi connectivity index (χ0v) is 23.4. The van der Waals surface area contributed by atoms with E-state index in [1.807, 2.05) is 0 Å². The molecule has 0 amide bonds. The monoisotopic (exact) mass is 465 g/mol. The average molecular weight is 466 g/mol. The van der Waals surface area contributed by atoms with Crippen LogP contribution in [0.4, 0.5) is 0 Å². The molecule has 0 aliphatic rings. The number of hydrogen-bond donors (Lipinski definition) is 1. The SMILES string of the molecule is CCCCCCCCP(CCCCCCCC)CCCCCCCC.CCCN.Cl. The fourth-order valence-corrected chi connectivity index (χ4v) is 6.37. The summed E-state index contributed by atoms with van der Waals surface area (Å²) in [4.78, 5) is 0. The lowest BCUT2D eigenvalue weighted by Crippen LogP contribution is -1.97. The fraction of sp³-hybridized carbons (Fsp3) is 1.00. The maximum absolute atomic E-state index is 5.03. The molecule has 1 nitrogen and oxygen atoms in total. The van der Waals surface area contributed by atoms with Crippen LogP contribution in [0.25, 0.3) is 0 Å². The molecule has 0 saturated heterocycles. The van der Waals surface area contributed by atoms with Gasteiger partial charge in [0.1, 0.15) is 0 Å². The van der Waals surface area contributed by atoms with Gasteiger partial charge in [0.25, 0.3) is 0 Å². The Bertz CT molecular complexity index is 223. The van der Waals surface area contributed by atoms with Crippen molar-refractivity contribution in [2.75, 3.05) is 25.0 Å². The molecule has 0 aromatic rings. The smallest absolute Gasteiger partial charge is 0.00799 e. The quantitative estimate of drug-likeness (QED) is 0.125. The summed E-state index contributed by atoms with van der Waals surface area (Å²) >= 11 is 0. The summed E-state index contributed by atoms with van der Waals surface area (Å²) in [5, 5.41) is 0. The first-order chi connectivity index (χ1) is 14.3.